The maximum Gasteiger partial charge on any atom is 0.117 e. The Hall–Kier alpha value is -5.16. The minimum absolute atomic E-state index is 0.751. The van der Waals surface area contributed by atoms with Crippen LogP contribution in [0, 0.1) is 6.92 Å². The van der Waals surface area contributed by atoms with Crippen molar-refractivity contribution in [3.05, 3.63) is 158 Å². The summed E-state index contributed by atoms with van der Waals surface area (Å²) in [5, 5.41) is 0. The van der Waals surface area contributed by atoms with E-state index in [1.807, 2.05) is 93.6 Å². The minimum atomic E-state index is 0.751. The van der Waals surface area contributed by atoms with E-state index in [9.17, 15) is 0 Å². The van der Waals surface area contributed by atoms with Gasteiger partial charge in [0, 0.05) is 31.7 Å². The lowest BCUT2D eigenvalue weighted by atomic mass is 10.1. The molecule has 43 heavy (non-hydrogen) atoms. The normalized spacial score (nSPS) is 12.2. The van der Waals surface area contributed by atoms with Crippen molar-refractivity contribution < 1.29 is 0 Å². The van der Waals surface area contributed by atoms with E-state index in [0.29, 0.717) is 0 Å². The van der Waals surface area contributed by atoms with Gasteiger partial charge in [0.25, 0.3) is 0 Å². The fourth-order valence-electron chi connectivity index (χ4n) is 3.88. The maximum atomic E-state index is 4.82. The number of rotatable bonds is 5. The largest absolute Gasteiger partial charge is 0.374 e. The molecule has 0 amide bonds. The van der Waals surface area contributed by atoms with Gasteiger partial charge in [0.1, 0.15) is 11.4 Å². The Morgan fingerprint density at radius 3 is 1.93 bits per heavy atom. The van der Waals surface area contributed by atoms with Crippen LogP contribution in [0.15, 0.2) is 153 Å². The predicted molar refractivity (Wildman–Crippen MR) is 185 cm³/mol. The minimum Gasteiger partial charge on any atom is -0.374 e. The number of pyridine rings is 2. The molecular formula is C38H43N5. The summed E-state index contributed by atoms with van der Waals surface area (Å²) < 4.78 is 0. The van der Waals surface area contributed by atoms with Crippen LogP contribution in [0.2, 0.25) is 0 Å². The van der Waals surface area contributed by atoms with Gasteiger partial charge in [0.2, 0.25) is 0 Å². The van der Waals surface area contributed by atoms with Gasteiger partial charge < -0.3 is 4.90 Å². The van der Waals surface area contributed by atoms with Crippen molar-refractivity contribution in [3.8, 4) is 22.8 Å². The fraction of sp³-hybridized carbons (Fsp3) is 0.158. The summed E-state index contributed by atoms with van der Waals surface area (Å²) in [6.07, 6.45) is 17.6. The molecule has 0 bridgehead atoms. The zero-order valence-electron chi connectivity index (χ0n) is 26.2. The lowest BCUT2D eigenvalue weighted by Gasteiger charge is -2.19. The van der Waals surface area contributed by atoms with Crippen LogP contribution >= 0.6 is 0 Å². The van der Waals surface area contributed by atoms with Gasteiger partial charge >= 0.3 is 0 Å². The predicted octanol–water partition coefficient (Wildman–Crippen LogP) is 9.51. The Morgan fingerprint density at radius 2 is 1.49 bits per heavy atom. The van der Waals surface area contributed by atoms with E-state index in [0.717, 1.165) is 51.5 Å². The standard InChI is InChI=1S/C19H14N4.C10H14.C7H11N.C2H4/c1-13-8-9-14-17(12-13)23-19(16-7-3-5-11-21-16)18(22-14)15-6-2-4-10-20-15;1-5-7-8-10(6-2)9(3)4;1-7-5-3-4-6-8(7)2;1-2/h2-12H,1H3;5-8H,1,3H2,2,4H3;3-5H,6H2,1-2H3;1-2H2/b;8-7-,10-6+;;. The molecule has 0 radical (unpaired) electrons. The third-order valence-corrected chi connectivity index (χ3v) is 6.31. The number of likely N-dealkylation sites (N-methyl/N-ethyl adjacent to an activating group) is 1. The number of hydrogen-bond donors (Lipinski definition) is 0. The van der Waals surface area contributed by atoms with Gasteiger partial charge in [-0.05, 0) is 81.3 Å². The van der Waals surface area contributed by atoms with Crippen molar-refractivity contribution in [3.63, 3.8) is 0 Å². The summed E-state index contributed by atoms with van der Waals surface area (Å²) in [4.78, 5) is 20.7. The van der Waals surface area contributed by atoms with E-state index in [1.54, 1.807) is 18.5 Å². The second-order valence-electron chi connectivity index (χ2n) is 9.58. The number of hydrogen-bond acceptors (Lipinski definition) is 5. The van der Waals surface area contributed by atoms with Crippen LogP contribution in [0.25, 0.3) is 33.8 Å². The molecule has 0 spiro atoms. The van der Waals surface area contributed by atoms with E-state index in [1.165, 1.54) is 11.3 Å². The molecule has 4 aromatic rings. The van der Waals surface area contributed by atoms with Gasteiger partial charge in [-0.15, -0.1) is 13.2 Å². The first-order valence-corrected chi connectivity index (χ1v) is 14.1. The zero-order chi connectivity index (χ0) is 31.6. The van der Waals surface area contributed by atoms with Gasteiger partial charge in [-0.2, -0.15) is 0 Å². The summed E-state index contributed by atoms with van der Waals surface area (Å²) in [5.41, 5.74) is 9.56. The molecule has 0 atom stereocenters. The third-order valence-electron chi connectivity index (χ3n) is 6.31. The first kappa shape index (κ1) is 34.0. The van der Waals surface area contributed by atoms with Crippen LogP contribution < -0.4 is 0 Å². The van der Waals surface area contributed by atoms with Gasteiger partial charge in [-0.25, -0.2) is 9.97 Å². The second-order valence-corrected chi connectivity index (χ2v) is 9.58. The fourth-order valence-corrected chi connectivity index (χ4v) is 3.88. The average Bonchev–Trinajstić information content (AvgIpc) is 3.04. The van der Waals surface area contributed by atoms with Crippen LogP contribution in [-0.2, 0) is 0 Å². The molecule has 1 aliphatic rings. The lowest BCUT2D eigenvalue weighted by molar-refractivity contribution is 0.460. The lowest BCUT2D eigenvalue weighted by Crippen LogP contribution is -2.17. The number of aryl methyl sites for hydroxylation is 1. The molecule has 0 N–H and O–H groups in total. The molecule has 1 aliphatic heterocycles. The quantitative estimate of drug-likeness (QED) is 0.177. The Morgan fingerprint density at radius 1 is 0.884 bits per heavy atom. The van der Waals surface area contributed by atoms with Crippen molar-refractivity contribution in [1.82, 2.24) is 24.8 Å². The van der Waals surface area contributed by atoms with E-state index in [4.69, 9.17) is 9.97 Å². The van der Waals surface area contributed by atoms with E-state index < -0.39 is 0 Å². The van der Waals surface area contributed by atoms with Crippen LogP contribution in [0.5, 0.6) is 0 Å². The molecule has 5 rings (SSSR count). The highest BCUT2D eigenvalue weighted by atomic mass is 15.1. The average molecular weight is 570 g/mol. The van der Waals surface area contributed by atoms with Crippen molar-refractivity contribution in [2.75, 3.05) is 13.6 Å². The molecule has 0 saturated heterocycles. The molecular weight excluding hydrogens is 526 g/mol. The first-order valence-electron chi connectivity index (χ1n) is 14.1. The number of fused-ring (bicyclic) bond motifs is 1. The Bertz CT molecular complexity index is 1600. The molecule has 1 aromatic carbocycles. The highest BCUT2D eigenvalue weighted by molar-refractivity contribution is 5.84. The number of aromatic nitrogens is 4. The van der Waals surface area contributed by atoms with Gasteiger partial charge in [0.05, 0.1) is 22.4 Å². The smallest absolute Gasteiger partial charge is 0.117 e. The summed E-state index contributed by atoms with van der Waals surface area (Å²) in [6, 6.07) is 17.6. The van der Waals surface area contributed by atoms with E-state index in [-0.39, 0.29) is 0 Å². The molecule has 0 fully saturated rings. The number of allylic oxidation sites excluding steroid dienone is 9. The first-order chi connectivity index (χ1) is 20.8. The maximum absolute atomic E-state index is 4.82. The van der Waals surface area contributed by atoms with Gasteiger partial charge in [-0.1, -0.05) is 73.4 Å². The van der Waals surface area contributed by atoms with Gasteiger partial charge in [-0.3, -0.25) is 9.97 Å². The second kappa shape index (κ2) is 18.3. The third kappa shape index (κ3) is 10.6. The van der Waals surface area contributed by atoms with Crippen molar-refractivity contribution >= 4 is 11.0 Å². The highest BCUT2D eigenvalue weighted by Crippen LogP contribution is 2.28. The van der Waals surface area contributed by atoms with Crippen LogP contribution in [0.4, 0.5) is 0 Å². The van der Waals surface area contributed by atoms with Crippen LogP contribution in [-0.4, -0.2) is 38.4 Å². The van der Waals surface area contributed by atoms with Crippen molar-refractivity contribution in [1.29, 1.82) is 0 Å². The summed E-state index contributed by atoms with van der Waals surface area (Å²) in [6.45, 7) is 22.6. The molecule has 5 heteroatoms. The van der Waals surface area contributed by atoms with Crippen molar-refractivity contribution in [2.45, 2.75) is 27.7 Å². The van der Waals surface area contributed by atoms with Crippen molar-refractivity contribution in [2.24, 2.45) is 0 Å². The number of benzene rings is 1. The molecule has 3 aromatic heterocycles. The highest BCUT2D eigenvalue weighted by Gasteiger charge is 2.14. The zero-order valence-corrected chi connectivity index (χ0v) is 26.2. The van der Waals surface area contributed by atoms with E-state index in [2.05, 4.69) is 73.4 Å². The SMILES string of the molecule is C=C.C=C/C=C\C(=C/C)C(=C)C.CC1=CC=CCN1C.Cc1ccc2nc(-c3ccccn3)c(-c3ccccn3)nc2c1. The monoisotopic (exact) mass is 569 g/mol. The molecule has 4 heterocycles. The Kier molecular flexibility index (Phi) is 14.5. The summed E-state index contributed by atoms with van der Waals surface area (Å²) in [5.74, 6) is 0. The van der Waals surface area contributed by atoms with Gasteiger partial charge in [0.15, 0.2) is 0 Å². The molecule has 5 nitrogen and oxygen atoms in total. The van der Waals surface area contributed by atoms with E-state index >= 15 is 0 Å². The Balaban J connectivity index is 0.000000268. The van der Waals surface area contributed by atoms with Crippen LogP contribution in [0.3, 0.4) is 0 Å². The summed E-state index contributed by atoms with van der Waals surface area (Å²) in [7, 11) is 2.09. The topological polar surface area (TPSA) is 54.8 Å². The molecule has 220 valence electrons. The molecule has 0 aliphatic carbocycles. The number of nitrogens with zero attached hydrogens (tertiary/aromatic N) is 5. The Labute approximate surface area is 257 Å². The molecule has 0 unspecified atom stereocenters. The van der Waals surface area contributed by atoms with Crippen LogP contribution in [0.1, 0.15) is 26.3 Å². The summed E-state index contributed by atoms with van der Waals surface area (Å²) >= 11 is 0. The molecule has 0 saturated carbocycles.